The lowest BCUT2D eigenvalue weighted by molar-refractivity contribution is -0.132. The van der Waals surface area contributed by atoms with Crippen LogP contribution in [-0.2, 0) is 4.79 Å². The standard InChI is InChI=1S/C20H24N4O2S/c25-18-20(9-3-4-10-20)22-19(26)24(18)13-23-11-7-14(8-12-23)17-21-15-5-1-2-6-16(15)27-17/h1-2,5-6,14H,3-4,7-13H2,(H,22,26). The van der Waals surface area contributed by atoms with Crippen LogP contribution in [0.1, 0.15) is 49.5 Å². The van der Waals surface area contributed by atoms with Gasteiger partial charge in [0.05, 0.1) is 21.9 Å². The van der Waals surface area contributed by atoms with Crippen molar-refractivity contribution in [2.24, 2.45) is 0 Å². The highest BCUT2D eigenvalue weighted by atomic mass is 32.1. The van der Waals surface area contributed by atoms with Crippen LogP contribution in [0.3, 0.4) is 0 Å². The Balaban J connectivity index is 1.22. The van der Waals surface area contributed by atoms with Crippen molar-refractivity contribution in [2.75, 3.05) is 19.8 Å². The number of nitrogens with one attached hydrogen (secondary N) is 1. The highest BCUT2D eigenvalue weighted by Crippen LogP contribution is 2.36. The molecule has 1 aromatic heterocycles. The number of likely N-dealkylation sites (tertiary alicyclic amines) is 1. The number of hydrogen-bond donors (Lipinski definition) is 1. The fourth-order valence-electron chi connectivity index (χ4n) is 4.71. The number of urea groups is 1. The Morgan fingerprint density at radius 1 is 1.15 bits per heavy atom. The summed E-state index contributed by atoms with van der Waals surface area (Å²) < 4.78 is 1.25. The summed E-state index contributed by atoms with van der Waals surface area (Å²) in [7, 11) is 0. The first kappa shape index (κ1) is 17.1. The lowest BCUT2D eigenvalue weighted by Gasteiger charge is -2.33. The third-order valence-electron chi connectivity index (χ3n) is 6.29. The van der Waals surface area contributed by atoms with Crippen LogP contribution in [0.4, 0.5) is 4.79 Å². The molecule has 3 heterocycles. The van der Waals surface area contributed by atoms with Gasteiger partial charge in [0.2, 0.25) is 0 Å². The number of benzene rings is 1. The molecule has 7 heteroatoms. The van der Waals surface area contributed by atoms with Gasteiger partial charge in [0.15, 0.2) is 0 Å². The Morgan fingerprint density at radius 3 is 2.63 bits per heavy atom. The average Bonchev–Trinajstić information content (AvgIpc) is 3.38. The molecule has 3 amide bonds. The second-order valence-electron chi connectivity index (χ2n) is 8.01. The van der Waals surface area contributed by atoms with Crippen molar-refractivity contribution in [3.63, 3.8) is 0 Å². The van der Waals surface area contributed by atoms with Crippen LogP contribution in [0.25, 0.3) is 10.2 Å². The number of thiazole rings is 1. The molecule has 1 aromatic carbocycles. The van der Waals surface area contributed by atoms with E-state index in [4.69, 9.17) is 4.98 Å². The summed E-state index contributed by atoms with van der Waals surface area (Å²) in [5, 5.41) is 4.19. The van der Waals surface area contributed by atoms with Gasteiger partial charge in [0.25, 0.3) is 5.91 Å². The molecule has 0 bridgehead atoms. The van der Waals surface area contributed by atoms with Crippen LogP contribution in [0.5, 0.6) is 0 Å². The zero-order valence-electron chi connectivity index (χ0n) is 15.3. The number of carbonyl (C=O) groups is 2. The number of para-hydroxylation sites is 1. The quantitative estimate of drug-likeness (QED) is 0.825. The summed E-state index contributed by atoms with van der Waals surface area (Å²) >= 11 is 1.79. The molecule has 0 radical (unpaired) electrons. The summed E-state index contributed by atoms with van der Waals surface area (Å²) in [5.41, 5.74) is 0.484. The van der Waals surface area contributed by atoms with Crippen LogP contribution in [0.15, 0.2) is 24.3 Å². The molecular formula is C20H24N4O2S. The van der Waals surface area contributed by atoms with Crippen molar-refractivity contribution in [3.8, 4) is 0 Å². The van der Waals surface area contributed by atoms with Gasteiger partial charge < -0.3 is 5.32 Å². The molecule has 2 saturated heterocycles. The van der Waals surface area contributed by atoms with Crippen LogP contribution >= 0.6 is 11.3 Å². The van der Waals surface area contributed by atoms with Gasteiger partial charge in [-0.25, -0.2) is 14.7 Å². The van der Waals surface area contributed by atoms with Gasteiger partial charge in [-0.2, -0.15) is 0 Å². The summed E-state index contributed by atoms with van der Waals surface area (Å²) in [6.45, 7) is 2.20. The molecule has 27 heavy (non-hydrogen) atoms. The first-order valence-corrected chi connectivity index (χ1v) is 10.7. The normalized spacial score (nSPS) is 23.6. The van der Waals surface area contributed by atoms with Gasteiger partial charge >= 0.3 is 6.03 Å². The molecule has 1 N–H and O–H groups in total. The average molecular weight is 385 g/mol. The molecule has 2 aliphatic heterocycles. The molecule has 1 spiro atoms. The van der Waals surface area contributed by atoms with Gasteiger partial charge in [0, 0.05) is 19.0 Å². The highest BCUT2D eigenvalue weighted by molar-refractivity contribution is 7.18. The lowest BCUT2D eigenvalue weighted by atomic mass is 9.97. The van der Waals surface area contributed by atoms with Crippen molar-refractivity contribution < 1.29 is 9.59 Å². The molecule has 142 valence electrons. The van der Waals surface area contributed by atoms with E-state index in [9.17, 15) is 9.59 Å². The zero-order chi connectivity index (χ0) is 18.4. The first-order valence-electron chi connectivity index (χ1n) is 9.87. The Bertz CT molecular complexity index is 848. The molecular weight excluding hydrogens is 360 g/mol. The number of fused-ring (bicyclic) bond motifs is 1. The summed E-state index contributed by atoms with van der Waals surface area (Å²) in [5.74, 6) is 0.459. The van der Waals surface area contributed by atoms with E-state index < -0.39 is 5.54 Å². The van der Waals surface area contributed by atoms with Gasteiger partial charge in [-0.3, -0.25) is 9.69 Å². The molecule has 5 rings (SSSR count). The second-order valence-corrected chi connectivity index (χ2v) is 9.07. The van der Waals surface area contributed by atoms with Gasteiger partial charge in [-0.15, -0.1) is 11.3 Å². The third-order valence-corrected chi connectivity index (χ3v) is 7.49. The van der Waals surface area contributed by atoms with Gasteiger partial charge in [-0.1, -0.05) is 25.0 Å². The molecule has 0 atom stereocenters. The van der Waals surface area contributed by atoms with Crippen molar-refractivity contribution in [1.82, 2.24) is 20.1 Å². The van der Waals surface area contributed by atoms with Crippen molar-refractivity contribution in [3.05, 3.63) is 29.3 Å². The SMILES string of the molecule is O=C1NC2(CCCC2)C(=O)N1CN1CCC(c2nc3ccccc3s2)CC1. The summed E-state index contributed by atoms with van der Waals surface area (Å²) in [6, 6.07) is 8.07. The number of carbonyl (C=O) groups excluding carboxylic acids is 2. The van der Waals surface area contributed by atoms with Crippen molar-refractivity contribution >= 4 is 33.5 Å². The maximum Gasteiger partial charge on any atom is 0.326 e. The van der Waals surface area contributed by atoms with E-state index in [1.165, 1.54) is 14.6 Å². The fourth-order valence-corrected chi connectivity index (χ4v) is 5.84. The molecule has 1 saturated carbocycles. The van der Waals surface area contributed by atoms with E-state index in [2.05, 4.69) is 28.4 Å². The molecule has 1 aliphatic carbocycles. The Hall–Kier alpha value is -1.99. The molecule has 0 unspecified atom stereocenters. The van der Waals surface area contributed by atoms with Crippen molar-refractivity contribution in [2.45, 2.75) is 50.0 Å². The molecule has 2 aromatic rings. The minimum Gasteiger partial charge on any atom is -0.323 e. The maximum absolute atomic E-state index is 12.8. The third kappa shape index (κ3) is 2.93. The predicted octanol–water partition coefficient (Wildman–Crippen LogP) is 3.30. The van der Waals surface area contributed by atoms with E-state index in [1.54, 1.807) is 11.3 Å². The number of hydrogen-bond acceptors (Lipinski definition) is 5. The largest absolute Gasteiger partial charge is 0.326 e. The number of nitrogens with zero attached hydrogens (tertiary/aromatic N) is 3. The first-order chi connectivity index (χ1) is 13.1. The number of amides is 3. The fraction of sp³-hybridized carbons (Fsp3) is 0.550. The highest BCUT2D eigenvalue weighted by Gasteiger charge is 2.52. The smallest absolute Gasteiger partial charge is 0.323 e. The second kappa shape index (κ2) is 6.56. The summed E-state index contributed by atoms with van der Waals surface area (Å²) in [6.07, 6.45) is 5.66. The van der Waals surface area contributed by atoms with Crippen LogP contribution in [0, 0.1) is 0 Å². The van der Waals surface area contributed by atoms with Crippen LogP contribution in [-0.4, -0.2) is 52.0 Å². The predicted molar refractivity (Wildman–Crippen MR) is 105 cm³/mol. The Labute approximate surface area is 162 Å². The lowest BCUT2D eigenvalue weighted by Crippen LogP contribution is -2.47. The van der Waals surface area contributed by atoms with Gasteiger partial charge in [0.1, 0.15) is 5.54 Å². The Morgan fingerprint density at radius 2 is 1.89 bits per heavy atom. The number of imide groups is 1. The van der Waals surface area contributed by atoms with E-state index in [0.717, 1.165) is 57.1 Å². The van der Waals surface area contributed by atoms with E-state index >= 15 is 0 Å². The van der Waals surface area contributed by atoms with Crippen LogP contribution in [0.2, 0.25) is 0 Å². The maximum atomic E-state index is 12.8. The van der Waals surface area contributed by atoms with E-state index in [1.807, 2.05) is 6.07 Å². The Kier molecular flexibility index (Phi) is 4.16. The topological polar surface area (TPSA) is 65.5 Å². The van der Waals surface area contributed by atoms with E-state index in [-0.39, 0.29) is 11.9 Å². The van der Waals surface area contributed by atoms with E-state index in [0.29, 0.717) is 12.6 Å². The minimum atomic E-state index is -0.601. The zero-order valence-corrected chi connectivity index (χ0v) is 16.1. The number of aromatic nitrogens is 1. The van der Waals surface area contributed by atoms with Crippen LogP contribution < -0.4 is 5.32 Å². The molecule has 3 aliphatic rings. The number of piperidine rings is 1. The number of rotatable bonds is 3. The molecule has 3 fully saturated rings. The minimum absolute atomic E-state index is 0.0155. The molecule has 6 nitrogen and oxygen atoms in total. The van der Waals surface area contributed by atoms with Crippen molar-refractivity contribution in [1.29, 1.82) is 0 Å². The summed E-state index contributed by atoms with van der Waals surface area (Å²) in [4.78, 5) is 33.6. The van der Waals surface area contributed by atoms with Gasteiger partial charge in [-0.05, 0) is 37.8 Å². The monoisotopic (exact) mass is 384 g/mol.